The van der Waals surface area contributed by atoms with Crippen molar-refractivity contribution in [2.75, 3.05) is 12.4 Å². The summed E-state index contributed by atoms with van der Waals surface area (Å²) in [6, 6.07) is 10.6. The van der Waals surface area contributed by atoms with Gasteiger partial charge in [-0.3, -0.25) is 19.7 Å². The highest BCUT2D eigenvalue weighted by molar-refractivity contribution is 5.92. The summed E-state index contributed by atoms with van der Waals surface area (Å²) in [6.07, 6.45) is -4.63. The lowest BCUT2D eigenvalue weighted by atomic mass is 10.1. The number of amides is 1. The first-order valence-corrected chi connectivity index (χ1v) is 8.96. The maximum absolute atomic E-state index is 13.0. The first-order chi connectivity index (χ1) is 15.1. The summed E-state index contributed by atoms with van der Waals surface area (Å²) in [5, 5.41) is 17.3. The Hall–Kier alpha value is -4.22. The van der Waals surface area contributed by atoms with Gasteiger partial charge in [-0.25, -0.2) is 4.68 Å². The lowest BCUT2D eigenvalue weighted by Crippen LogP contribution is -2.29. The summed E-state index contributed by atoms with van der Waals surface area (Å²) in [4.78, 5) is 34.9. The molecular formula is C20H15F3N4O5. The van der Waals surface area contributed by atoms with Gasteiger partial charge in [-0.05, 0) is 24.3 Å². The molecule has 0 fully saturated rings. The van der Waals surface area contributed by atoms with E-state index in [-0.39, 0.29) is 22.8 Å². The number of halogens is 3. The molecule has 0 aliphatic carbocycles. The van der Waals surface area contributed by atoms with Gasteiger partial charge in [0.1, 0.15) is 12.3 Å². The van der Waals surface area contributed by atoms with E-state index in [0.29, 0.717) is 11.6 Å². The minimum Gasteiger partial charge on any atom is -0.495 e. The number of hydrogen-bond acceptors (Lipinski definition) is 6. The zero-order valence-corrected chi connectivity index (χ0v) is 16.4. The van der Waals surface area contributed by atoms with E-state index in [1.807, 2.05) is 0 Å². The van der Waals surface area contributed by atoms with Crippen molar-refractivity contribution >= 4 is 17.3 Å². The van der Waals surface area contributed by atoms with E-state index in [9.17, 15) is 32.9 Å². The van der Waals surface area contributed by atoms with Crippen LogP contribution in [0, 0.1) is 10.1 Å². The van der Waals surface area contributed by atoms with Crippen molar-refractivity contribution in [2.24, 2.45) is 0 Å². The van der Waals surface area contributed by atoms with Crippen molar-refractivity contribution in [1.29, 1.82) is 0 Å². The predicted molar refractivity (Wildman–Crippen MR) is 107 cm³/mol. The maximum Gasteiger partial charge on any atom is 0.416 e. The molecule has 3 aromatic rings. The molecule has 2 aromatic carbocycles. The third kappa shape index (κ3) is 5.09. The molecule has 9 nitrogen and oxygen atoms in total. The van der Waals surface area contributed by atoms with Crippen molar-refractivity contribution in [3.8, 4) is 17.0 Å². The highest BCUT2D eigenvalue weighted by atomic mass is 19.4. The SMILES string of the molecule is COc1ccc(C(F)(F)F)cc1NC(=O)Cn1nc(-c2cccc([N+](=O)[O-])c2)ccc1=O. The van der Waals surface area contributed by atoms with Crippen LogP contribution in [0.1, 0.15) is 5.56 Å². The topological polar surface area (TPSA) is 116 Å². The summed E-state index contributed by atoms with van der Waals surface area (Å²) in [5.41, 5.74) is -1.51. The Bertz CT molecular complexity index is 1240. The minimum atomic E-state index is -4.63. The Balaban J connectivity index is 1.86. The average Bonchev–Trinajstić information content (AvgIpc) is 2.74. The molecule has 0 aliphatic heterocycles. The van der Waals surface area contributed by atoms with E-state index in [1.54, 1.807) is 0 Å². The standard InChI is InChI=1S/C20H15F3N4O5/c1-32-17-7-5-13(20(21,22)23)10-16(17)24-18(28)11-26-19(29)8-6-15(25-26)12-3-2-4-14(9-12)27(30)31/h2-10H,11H2,1H3,(H,24,28). The highest BCUT2D eigenvalue weighted by Gasteiger charge is 2.31. The molecule has 166 valence electrons. The number of carbonyl (C=O) groups excluding carboxylic acids is 1. The largest absolute Gasteiger partial charge is 0.495 e. The normalized spacial score (nSPS) is 11.1. The molecular weight excluding hydrogens is 433 g/mol. The fourth-order valence-corrected chi connectivity index (χ4v) is 2.80. The van der Waals surface area contributed by atoms with Gasteiger partial charge in [0.25, 0.3) is 11.2 Å². The number of alkyl halides is 3. The number of nitro benzene ring substituents is 1. The monoisotopic (exact) mass is 448 g/mol. The fourth-order valence-electron chi connectivity index (χ4n) is 2.80. The molecule has 1 amide bonds. The van der Waals surface area contributed by atoms with Crippen LogP contribution in [-0.4, -0.2) is 27.7 Å². The number of non-ortho nitro benzene ring substituents is 1. The molecule has 0 atom stereocenters. The second kappa shape index (κ2) is 8.88. The molecule has 0 aliphatic rings. The van der Waals surface area contributed by atoms with Crippen LogP contribution in [0.4, 0.5) is 24.5 Å². The van der Waals surface area contributed by atoms with Gasteiger partial charge < -0.3 is 10.1 Å². The summed E-state index contributed by atoms with van der Waals surface area (Å²) >= 11 is 0. The van der Waals surface area contributed by atoms with Crippen molar-refractivity contribution in [2.45, 2.75) is 12.7 Å². The zero-order chi connectivity index (χ0) is 23.5. The number of ether oxygens (including phenoxy) is 1. The van der Waals surface area contributed by atoms with E-state index >= 15 is 0 Å². The molecule has 1 heterocycles. The summed E-state index contributed by atoms with van der Waals surface area (Å²) in [6.45, 7) is -0.610. The highest BCUT2D eigenvalue weighted by Crippen LogP contribution is 2.34. The van der Waals surface area contributed by atoms with Crippen molar-refractivity contribution in [3.63, 3.8) is 0 Å². The van der Waals surface area contributed by atoms with Crippen LogP contribution in [0.2, 0.25) is 0 Å². The maximum atomic E-state index is 13.0. The van der Waals surface area contributed by atoms with Gasteiger partial charge in [-0.1, -0.05) is 12.1 Å². The second-order valence-electron chi connectivity index (χ2n) is 6.48. The lowest BCUT2D eigenvalue weighted by molar-refractivity contribution is -0.384. The van der Waals surface area contributed by atoms with Crippen molar-refractivity contribution in [1.82, 2.24) is 9.78 Å². The van der Waals surface area contributed by atoms with Crippen LogP contribution in [-0.2, 0) is 17.5 Å². The van der Waals surface area contributed by atoms with Gasteiger partial charge in [-0.2, -0.15) is 18.3 Å². The number of nitrogens with one attached hydrogen (secondary N) is 1. The fraction of sp³-hybridized carbons (Fsp3) is 0.150. The minimum absolute atomic E-state index is 0.00278. The molecule has 0 saturated carbocycles. The molecule has 0 saturated heterocycles. The van der Waals surface area contributed by atoms with Gasteiger partial charge in [0.05, 0.1) is 29.0 Å². The zero-order valence-electron chi connectivity index (χ0n) is 16.4. The summed E-state index contributed by atoms with van der Waals surface area (Å²) in [5.74, 6) is -0.828. The smallest absolute Gasteiger partial charge is 0.416 e. The van der Waals surface area contributed by atoms with Crippen LogP contribution in [0.15, 0.2) is 59.4 Å². The third-order valence-electron chi connectivity index (χ3n) is 4.31. The number of nitro groups is 1. The number of carbonyl (C=O) groups is 1. The molecule has 0 unspecified atom stereocenters. The van der Waals surface area contributed by atoms with E-state index < -0.39 is 34.7 Å². The molecule has 0 radical (unpaired) electrons. The number of benzene rings is 2. The molecule has 0 bridgehead atoms. The van der Waals surface area contributed by atoms with Gasteiger partial charge in [0, 0.05) is 23.8 Å². The number of methoxy groups -OCH3 is 1. The molecule has 1 aromatic heterocycles. The summed E-state index contributed by atoms with van der Waals surface area (Å²) in [7, 11) is 1.23. The first kappa shape index (κ1) is 22.5. The molecule has 1 N–H and O–H groups in total. The van der Waals surface area contributed by atoms with Gasteiger partial charge >= 0.3 is 6.18 Å². The van der Waals surface area contributed by atoms with E-state index in [2.05, 4.69) is 10.4 Å². The Kier molecular flexibility index (Phi) is 6.23. The van der Waals surface area contributed by atoms with E-state index in [1.165, 1.54) is 37.4 Å². The molecule has 32 heavy (non-hydrogen) atoms. The van der Waals surface area contributed by atoms with Crippen LogP contribution >= 0.6 is 0 Å². The predicted octanol–water partition coefficient (Wildman–Crippen LogP) is 3.48. The number of nitrogens with zero attached hydrogens (tertiary/aromatic N) is 3. The van der Waals surface area contributed by atoms with E-state index in [4.69, 9.17) is 4.74 Å². The Labute approximate surface area is 178 Å². The van der Waals surface area contributed by atoms with Gasteiger partial charge in [0.15, 0.2) is 0 Å². The van der Waals surface area contributed by atoms with Crippen LogP contribution in [0.25, 0.3) is 11.3 Å². The molecule has 3 rings (SSSR count). The van der Waals surface area contributed by atoms with Crippen molar-refractivity contribution < 1.29 is 27.6 Å². The third-order valence-corrected chi connectivity index (χ3v) is 4.31. The molecule has 0 spiro atoms. The number of hydrogen-bond donors (Lipinski definition) is 1. The summed E-state index contributed by atoms with van der Waals surface area (Å²) < 4.78 is 44.7. The first-order valence-electron chi connectivity index (χ1n) is 8.96. The Morgan fingerprint density at radius 1 is 1.19 bits per heavy atom. The molecule has 12 heteroatoms. The Morgan fingerprint density at radius 2 is 1.94 bits per heavy atom. The number of anilines is 1. The van der Waals surface area contributed by atoms with E-state index in [0.717, 1.165) is 22.9 Å². The number of rotatable bonds is 6. The number of aromatic nitrogens is 2. The van der Waals surface area contributed by atoms with Crippen LogP contribution in [0.5, 0.6) is 5.75 Å². The quantitative estimate of drug-likeness (QED) is 0.456. The lowest BCUT2D eigenvalue weighted by Gasteiger charge is -2.14. The second-order valence-corrected chi connectivity index (χ2v) is 6.48. The van der Waals surface area contributed by atoms with Gasteiger partial charge in [0.2, 0.25) is 5.91 Å². The van der Waals surface area contributed by atoms with Crippen LogP contribution < -0.4 is 15.6 Å². The Morgan fingerprint density at radius 3 is 2.59 bits per heavy atom. The van der Waals surface area contributed by atoms with Crippen molar-refractivity contribution in [3.05, 3.63) is 80.6 Å². The van der Waals surface area contributed by atoms with Crippen LogP contribution in [0.3, 0.4) is 0 Å². The van der Waals surface area contributed by atoms with Gasteiger partial charge in [-0.15, -0.1) is 0 Å². The average molecular weight is 448 g/mol.